The summed E-state index contributed by atoms with van der Waals surface area (Å²) >= 11 is 3.38. The number of aliphatic hydroxyl groups excluding tert-OH is 2. The van der Waals surface area contributed by atoms with Crippen LogP contribution in [0.25, 0.3) is 0 Å². The number of hydrogen-bond acceptors (Lipinski definition) is 3. The molecule has 0 spiro atoms. The van der Waals surface area contributed by atoms with Crippen LogP contribution in [0.3, 0.4) is 0 Å². The molecule has 0 aliphatic rings. The van der Waals surface area contributed by atoms with E-state index in [0.717, 1.165) is 10.0 Å². The molecule has 0 bridgehead atoms. The molecule has 0 aromatic heterocycles. The molecule has 4 heteroatoms. The van der Waals surface area contributed by atoms with Gasteiger partial charge in [0.1, 0.15) is 18.5 Å². The molecule has 1 aromatic carbocycles. The van der Waals surface area contributed by atoms with Crippen LogP contribution in [0.15, 0.2) is 35.3 Å². The summed E-state index contributed by atoms with van der Waals surface area (Å²) in [6.07, 6.45) is 1.64. The lowest BCUT2D eigenvalue weighted by Crippen LogP contribution is -2.21. The van der Waals surface area contributed by atoms with E-state index in [1.54, 1.807) is 6.08 Å². The second-order valence-electron chi connectivity index (χ2n) is 3.39. The van der Waals surface area contributed by atoms with Gasteiger partial charge in [-0.05, 0) is 30.2 Å². The summed E-state index contributed by atoms with van der Waals surface area (Å²) in [5, 5.41) is 17.9. The van der Waals surface area contributed by atoms with E-state index in [2.05, 4.69) is 22.5 Å². The minimum atomic E-state index is -0.847. The van der Waals surface area contributed by atoms with Gasteiger partial charge in [-0.2, -0.15) is 0 Å². The third-order valence-electron chi connectivity index (χ3n) is 2.03. The smallest absolute Gasteiger partial charge is 0.123 e. The Balaban J connectivity index is 2.73. The fourth-order valence-electron chi connectivity index (χ4n) is 1.24. The third kappa shape index (κ3) is 3.96. The molecule has 1 aromatic rings. The molecule has 1 rings (SSSR count). The number of allylic oxidation sites excluding steroid dienone is 1. The van der Waals surface area contributed by atoms with E-state index in [0.29, 0.717) is 12.2 Å². The highest BCUT2D eigenvalue weighted by atomic mass is 79.9. The lowest BCUT2D eigenvalue weighted by molar-refractivity contribution is 0.0533. The van der Waals surface area contributed by atoms with Crippen molar-refractivity contribution in [3.05, 3.63) is 40.9 Å². The molecule has 0 saturated heterocycles. The summed E-state index contributed by atoms with van der Waals surface area (Å²) in [5.74, 6) is 0.704. The predicted molar refractivity (Wildman–Crippen MR) is 66.6 cm³/mol. The van der Waals surface area contributed by atoms with Gasteiger partial charge < -0.3 is 14.9 Å². The van der Waals surface area contributed by atoms with E-state index in [-0.39, 0.29) is 13.2 Å². The standard InChI is InChI=1S/C12H15BrO3/c1-2-3-9-6-10(13)4-5-12(9)16-8-11(15)7-14/h2,4-6,11,14-15H,1,3,7-8H2. The predicted octanol–water partition coefficient (Wildman–Crippen LogP) is 1.91. The van der Waals surface area contributed by atoms with Crippen LogP contribution in [-0.4, -0.2) is 29.5 Å². The first-order valence-electron chi connectivity index (χ1n) is 4.98. The summed E-state index contributed by atoms with van der Waals surface area (Å²) in [5.41, 5.74) is 0.995. The largest absolute Gasteiger partial charge is 0.491 e. The quantitative estimate of drug-likeness (QED) is 0.786. The summed E-state index contributed by atoms with van der Waals surface area (Å²) in [7, 11) is 0. The highest BCUT2D eigenvalue weighted by molar-refractivity contribution is 9.10. The van der Waals surface area contributed by atoms with Gasteiger partial charge >= 0.3 is 0 Å². The summed E-state index contributed by atoms with van der Waals surface area (Å²) in [6, 6.07) is 5.64. The van der Waals surface area contributed by atoms with Gasteiger partial charge in [-0.1, -0.05) is 22.0 Å². The van der Waals surface area contributed by atoms with Crippen molar-refractivity contribution in [2.75, 3.05) is 13.2 Å². The van der Waals surface area contributed by atoms with E-state index in [1.807, 2.05) is 18.2 Å². The number of ether oxygens (including phenoxy) is 1. The van der Waals surface area contributed by atoms with Gasteiger partial charge in [0.15, 0.2) is 0 Å². The minimum absolute atomic E-state index is 0.0856. The normalized spacial score (nSPS) is 12.2. The average Bonchev–Trinajstić information content (AvgIpc) is 2.28. The van der Waals surface area contributed by atoms with Gasteiger partial charge in [-0.3, -0.25) is 0 Å². The van der Waals surface area contributed by atoms with E-state index in [1.165, 1.54) is 0 Å². The van der Waals surface area contributed by atoms with Crippen molar-refractivity contribution >= 4 is 15.9 Å². The van der Waals surface area contributed by atoms with Crippen LogP contribution in [0, 0.1) is 0 Å². The molecular formula is C12H15BrO3. The van der Waals surface area contributed by atoms with Gasteiger partial charge in [-0.25, -0.2) is 0 Å². The Morgan fingerprint density at radius 1 is 1.50 bits per heavy atom. The van der Waals surface area contributed by atoms with Crippen molar-refractivity contribution in [2.45, 2.75) is 12.5 Å². The van der Waals surface area contributed by atoms with Gasteiger partial charge in [-0.15, -0.1) is 6.58 Å². The molecule has 1 unspecified atom stereocenters. The molecule has 0 heterocycles. The van der Waals surface area contributed by atoms with Crippen molar-refractivity contribution in [3.8, 4) is 5.75 Å². The van der Waals surface area contributed by atoms with E-state index < -0.39 is 6.10 Å². The monoisotopic (exact) mass is 286 g/mol. The Kier molecular flexibility index (Phi) is 5.52. The lowest BCUT2D eigenvalue weighted by atomic mass is 10.1. The molecule has 0 amide bonds. The van der Waals surface area contributed by atoms with Crippen molar-refractivity contribution in [3.63, 3.8) is 0 Å². The third-order valence-corrected chi connectivity index (χ3v) is 2.52. The summed E-state index contributed by atoms with van der Waals surface area (Å²) in [6.45, 7) is 3.47. The highest BCUT2D eigenvalue weighted by Gasteiger charge is 2.07. The number of aliphatic hydroxyl groups is 2. The van der Waals surface area contributed by atoms with Crippen LogP contribution >= 0.6 is 15.9 Å². The molecule has 0 saturated carbocycles. The molecule has 2 N–H and O–H groups in total. The molecule has 3 nitrogen and oxygen atoms in total. The van der Waals surface area contributed by atoms with Gasteiger partial charge in [0.25, 0.3) is 0 Å². The maximum atomic E-state index is 9.19. The fourth-order valence-corrected chi connectivity index (χ4v) is 1.65. The molecule has 0 aliphatic carbocycles. The first kappa shape index (κ1) is 13.2. The van der Waals surface area contributed by atoms with Crippen molar-refractivity contribution < 1.29 is 14.9 Å². The zero-order valence-corrected chi connectivity index (χ0v) is 10.5. The Bertz CT molecular complexity index is 352. The zero-order chi connectivity index (χ0) is 12.0. The Morgan fingerprint density at radius 2 is 2.25 bits per heavy atom. The molecule has 88 valence electrons. The lowest BCUT2D eigenvalue weighted by Gasteiger charge is -2.13. The fraction of sp³-hybridized carbons (Fsp3) is 0.333. The second kappa shape index (κ2) is 6.68. The number of halogens is 1. The van der Waals surface area contributed by atoms with E-state index in [4.69, 9.17) is 9.84 Å². The summed E-state index contributed by atoms with van der Waals surface area (Å²) in [4.78, 5) is 0. The first-order chi connectivity index (χ1) is 7.67. The average molecular weight is 287 g/mol. The zero-order valence-electron chi connectivity index (χ0n) is 8.90. The number of rotatable bonds is 6. The Labute approximate surface area is 104 Å². The SMILES string of the molecule is C=CCc1cc(Br)ccc1OCC(O)CO. The Morgan fingerprint density at radius 3 is 2.88 bits per heavy atom. The van der Waals surface area contributed by atoms with Crippen LogP contribution in [0.1, 0.15) is 5.56 Å². The minimum Gasteiger partial charge on any atom is -0.491 e. The number of hydrogen-bond donors (Lipinski definition) is 2. The van der Waals surface area contributed by atoms with Gasteiger partial charge in [0, 0.05) is 4.47 Å². The second-order valence-corrected chi connectivity index (χ2v) is 4.31. The Hall–Kier alpha value is -0.840. The van der Waals surface area contributed by atoms with Gasteiger partial charge in [0.2, 0.25) is 0 Å². The molecular weight excluding hydrogens is 272 g/mol. The van der Waals surface area contributed by atoms with Crippen molar-refractivity contribution in [1.29, 1.82) is 0 Å². The van der Waals surface area contributed by atoms with Crippen molar-refractivity contribution in [1.82, 2.24) is 0 Å². The first-order valence-corrected chi connectivity index (χ1v) is 5.77. The van der Waals surface area contributed by atoms with Crippen LogP contribution in [-0.2, 0) is 6.42 Å². The molecule has 0 fully saturated rings. The topological polar surface area (TPSA) is 49.7 Å². The molecule has 0 radical (unpaired) electrons. The molecule has 16 heavy (non-hydrogen) atoms. The van der Waals surface area contributed by atoms with Crippen LogP contribution < -0.4 is 4.74 Å². The number of benzene rings is 1. The maximum absolute atomic E-state index is 9.19. The van der Waals surface area contributed by atoms with E-state index >= 15 is 0 Å². The molecule has 1 atom stereocenters. The van der Waals surface area contributed by atoms with Crippen molar-refractivity contribution in [2.24, 2.45) is 0 Å². The highest BCUT2D eigenvalue weighted by Crippen LogP contribution is 2.24. The van der Waals surface area contributed by atoms with Crippen LogP contribution in [0.5, 0.6) is 5.75 Å². The van der Waals surface area contributed by atoms with Crippen LogP contribution in [0.2, 0.25) is 0 Å². The maximum Gasteiger partial charge on any atom is 0.123 e. The molecule has 0 aliphatic heterocycles. The van der Waals surface area contributed by atoms with Gasteiger partial charge in [0.05, 0.1) is 6.61 Å². The van der Waals surface area contributed by atoms with E-state index in [9.17, 15) is 5.11 Å². The van der Waals surface area contributed by atoms with Crippen LogP contribution in [0.4, 0.5) is 0 Å². The summed E-state index contributed by atoms with van der Waals surface area (Å²) < 4.78 is 6.39.